The zero-order valence-electron chi connectivity index (χ0n) is 21.7. The summed E-state index contributed by atoms with van der Waals surface area (Å²) in [4.78, 5) is -0.287. The third kappa shape index (κ3) is 8.57. The van der Waals surface area contributed by atoms with Gasteiger partial charge < -0.3 is 9.47 Å². The van der Waals surface area contributed by atoms with Crippen molar-refractivity contribution < 1.29 is 26.3 Å². The second-order valence-electron chi connectivity index (χ2n) is 9.52. The van der Waals surface area contributed by atoms with Crippen molar-refractivity contribution in [3.8, 4) is 17.6 Å². The number of primary sulfonamides is 1. The Kier molecular flexibility index (Phi) is 9.30. The van der Waals surface area contributed by atoms with Crippen LogP contribution in [0.25, 0.3) is 0 Å². The van der Waals surface area contributed by atoms with Gasteiger partial charge in [-0.15, -0.1) is 0 Å². The number of para-hydroxylation sites is 1. The Morgan fingerprint density at radius 3 is 2.33 bits per heavy atom. The molecule has 3 aromatic rings. The van der Waals surface area contributed by atoms with Crippen LogP contribution in [-0.2, 0) is 31.2 Å². The Hall–Kier alpha value is -3.36. The minimum atomic E-state index is -4.10. The van der Waals surface area contributed by atoms with E-state index in [0.717, 1.165) is 29.5 Å². The highest BCUT2D eigenvalue weighted by molar-refractivity contribution is 7.93. The molecule has 0 unspecified atom stereocenters. The molecule has 0 amide bonds. The molecule has 3 N–H and O–H groups in total. The molecule has 10 heteroatoms. The quantitative estimate of drug-likeness (QED) is 0.378. The van der Waals surface area contributed by atoms with Crippen LogP contribution in [0.2, 0.25) is 0 Å². The summed E-state index contributed by atoms with van der Waals surface area (Å²) in [6, 6.07) is 19.1. The van der Waals surface area contributed by atoms with Gasteiger partial charge in [-0.05, 0) is 74.1 Å². The van der Waals surface area contributed by atoms with E-state index in [1.54, 1.807) is 0 Å². The molecule has 1 heterocycles. The second kappa shape index (κ2) is 12.7. The van der Waals surface area contributed by atoms with E-state index in [9.17, 15) is 16.8 Å². The van der Waals surface area contributed by atoms with Crippen LogP contribution in [0, 0.1) is 24.7 Å². The molecule has 206 valence electrons. The maximum atomic E-state index is 12.9. The van der Waals surface area contributed by atoms with Crippen molar-refractivity contribution in [1.82, 2.24) is 0 Å². The van der Waals surface area contributed by atoms with E-state index in [4.69, 9.17) is 14.6 Å². The molecule has 4 rings (SSSR count). The van der Waals surface area contributed by atoms with Crippen LogP contribution in [0.15, 0.2) is 71.6 Å². The maximum Gasteiger partial charge on any atom is 0.240 e. The van der Waals surface area contributed by atoms with Gasteiger partial charge in [-0.3, -0.25) is 4.72 Å². The third-order valence-corrected chi connectivity index (χ3v) is 8.63. The zero-order chi connectivity index (χ0) is 27.9. The largest absolute Gasteiger partial charge is 0.493 e. The predicted molar refractivity (Wildman–Crippen MR) is 152 cm³/mol. The van der Waals surface area contributed by atoms with E-state index in [2.05, 4.69) is 16.6 Å². The number of rotatable bonds is 9. The molecular formula is C29H32N2O6S2. The lowest BCUT2D eigenvalue weighted by Gasteiger charge is -2.23. The summed E-state index contributed by atoms with van der Waals surface area (Å²) in [5.74, 6) is 6.97. The first-order valence-corrected chi connectivity index (χ1v) is 15.8. The fourth-order valence-electron chi connectivity index (χ4n) is 4.14. The monoisotopic (exact) mass is 568 g/mol. The molecule has 1 fully saturated rings. The summed E-state index contributed by atoms with van der Waals surface area (Å²) >= 11 is 0. The Balaban J connectivity index is 1.52. The molecule has 1 aliphatic rings. The topological polar surface area (TPSA) is 125 Å². The molecule has 39 heavy (non-hydrogen) atoms. The van der Waals surface area contributed by atoms with Gasteiger partial charge in [0.25, 0.3) is 0 Å². The number of nitrogens with two attached hydrogens (primary N) is 1. The Morgan fingerprint density at radius 1 is 0.949 bits per heavy atom. The van der Waals surface area contributed by atoms with E-state index in [0.29, 0.717) is 37.1 Å². The first-order valence-electron chi connectivity index (χ1n) is 12.6. The van der Waals surface area contributed by atoms with E-state index < -0.39 is 20.0 Å². The van der Waals surface area contributed by atoms with Crippen LogP contribution < -0.4 is 14.6 Å². The van der Waals surface area contributed by atoms with Crippen molar-refractivity contribution in [2.45, 2.75) is 31.1 Å². The van der Waals surface area contributed by atoms with Crippen molar-refractivity contribution >= 4 is 25.7 Å². The lowest BCUT2D eigenvalue weighted by atomic mass is 10.0. The van der Waals surface area contributed by atoms with Gasteiger partial charge in [0.05, 0.1) is 18.0 Å². The smallest absolute Gasteiger partial charge is 0.240 e. The minimum Gasteiger partial charge on any atom is -0.493 e. The van der Waals surface area contributed by atoms with E-state index in [1.165, 1.54) is 24.3 Å². The number of aryl methyl sites for hydroxylation is 2. The molecule has 0 aliphatic carbocycles. The number of anilines is 1. The predicted octanol–water partition coefficient (Wildman–Crippen LogP) is 3.83. The van der Waals surface area contributed by atoms with Crippen molar-refractivity contribution in [3.05, 3.63) is 89.0 Å². The van der Waals surface area contributed by atoms with E-state index in [-0.39, 0.29) is 22.8 Å². The first-order chi connectivity index (χ1) is 18.6. The number of nitrogens with one attached hydrogen (secondary N) is 1. The van der Waals surface area contributed by atoms with Crippen LogP contribution in [0.4, 0.5) is 5.69 Å². The highest BCUT2D eigenvalue weighted by atomic mass is 32.2. The van der Waals surface area contributed by atoms with Gasteiger partial charge in [-0.2, -0.15) is 0 Å². The molecule has 1 aliphatic heterocycles. The van der Waals surface area contributed by atoms with Crippen LogP contribution in [-0.4, -0.2) is 42.4 Å². The zero-order valence-corrected chi connectivity index (χ0v) is 23.4. The van der Waals surface area contributed by atoms with Gasteiger partial charge in [0, 0.05) is 24.3 Å². The van der Waals surface area contributed by atoms with Crippen molar-refractivity contribution in [2.24, 2.45) is 11.1 Å². The van der Waals surface area contributed by atoms with Crippen molar-refractivity contribution in [3.63, 3.8) is 0 Å². The summed E-state index contributed by atoms with van der Waals surface area (Å²) in [7, 11) is -8.00. The fraction of sp³-hybridized carbons (Fsp3) is 0.310. The van der Waals surface area contributed by atoms with Crippen LogP contribution in [0.1, 0.15) is 35.1 Å². The van der Waals surface area contributed by atoms with Gasteiger partial charge in [-0.1, -0.05) is 47.7 Å². The Labute approximate surface area is 230 Å². The van der Waals surface area contributed by atoms with Gasteiger partial charge in [0.1, 0.15) is 10.6 Å². The summed E-state index contributed by atoms with van der Waals surface area (Å²) in [5, 5.41) is 5.24. The highest BCUT2D eigenvalue weighted by Gasteiger charge is 2.20. The normalized spacial score (nSPS) is 14.3. The number of benzene rings is 3. The highest BCUT2D eigenvalue weighted by Crippen LogP contribution is 2.25. The average molecular weight is 569 g/mol. The molecule has 0 atom stereocenters. The molecule has 0 aromatic heterocycles. The standard InChI is InChI=1S/C29H32N2O6S2/c1-22-6-8-23(9-7-22)10-11-24-12-13-26(28(20-24)37-21-25-14-17-36-18-15-25)16-19-38(32,33)31-27-4-2-3-5-29(27)39(30,34)35/h2-9,12-13,20,25,31H,14-19,21H2,1H3,(H2,30,34,35). The molecule has 1 saturated heterocycles. The van der Waals surface area contributed by atoms with Gasteiger partial charge in [-0.25, -0.2) is 22.0 Å². The van der Waals surface area contributed by atoms with Crippen LogP contribution in [0.3, 0.4) is 0 Å². The minimum absolute atomic E-state index is 0.0854. The average Bonchev–Trinajstić information content (AvgIpc) is 2.91. The number of ether oxygens (including phenoxy) is 2. The van der Waals surface area contributed by atoms with E-state index >= 15 is 0 Å². The maximum absolute atomic E-state index is 12.9. The van der Waals surface area contributed by atoms with Crippen LogP contribution in [0.5, 0.6) is 5.75 Å². The summed E-state index contributed by atoms with van der Waals surface area (Å²) in [6.45, 7) is 3.92. The summed E-state index contributed by atoms with van der Waals surface area (Å²) in [5.41, 5.74) is 3.44. The van der Waals surface area contributed by atoms with Crippen LogP contribution >= 0.6 is 0 Å². The third-order valence-electron chi connectivity index (χ3n) is 6.38. The van der Waals surface area contributed by atoms with Gasteiger partial charge in [0.15, 0.2) is 0 Å². The molecule has 0 saturated carbocycles. The fourth-order valence-corrected chi connectivity index (χ4v) is 6.00. The first kappa shape index (κ1) is 28.6. The molecule has 0 bridgehead atoms. The number of hydrogen-bond donors (Lipinski definition) is 2. The number of hydrogen-bond acceptors (Lipinski definition) is 6. The molecule has 0 spiro atoms. The Morgan fingerprint density at radius 2 is 1.62 bits per heavy atom. The lowest BCUT2D eigenvalue weighted by Crippen LogP contribution is -2.23. The Bertz CT molecular complexity index is 1570. The van der Waals surface area contributed by atoms with Gasteiger partial charge in [0.2, 0.25) is 20.0 Å². The number of sulfonamides is 2. The lowest BCUT2D eigenvalue weighted by molar-refractivity contribution is 0.0496. The SMILES string of the molecule is Cc1ccc(C#Cc2ccc(CCS(=O)(=O)Nc3ccccc3S(N)(=O)=O)c(OCC3CCOCC3)c2)cc1. The van der Waals surface area contributed by atoms with E-state index in [1.807, 2.05) is 49.4 Å². The second-order valence-corrected chi connectivity index (χ2v) is 12.9. The summed E-state index contributed by atoms with van der Waals surface area (Å²) < 4.78 is 63.5. The van der Waals surface area contributed by atoms with Gasteiger partial charge >= 0.3 is 0 Å². The molecule has 0 radical (unpaired) electrons. The van der Waals surface area contributed by atoms with Crippen molar-refractivity contribution in [2.75, 3.05) is 30.3 Å². The molecule has 8 nitrogen and oxygen atoms in total. The van der Waals surface area contributed by atoms with Crippen molar-refractivity contribution in [1.29, 1.82) is 0 Å². The molecule has 3 aromatic carbocycles. The summed E-state index contributed by atoms with van der Waals surface area (Å²) in [6.07, 6.45) is 1.97. The molecular weight excluding hydrogens is 536 g/mol.